The lowest BCUT2D eigenvalue weighted by molar-refractivity contribution is 0.651. The number of benzene rings is 1. The molecule has 4 heteroatoms. The fourth-order valence-electron chi connectivity index (χ4n) is 2.43. The van der Waals surface area contributed by atoms with Gasteiger partial charge in [0.05, 0.1) is 5.69 Å². The van der Waals surface area contributed by atoms with Crippen molar-refractivity contribution in [1.82, 2.24) is 9.97 Å². The molecule has 1 aliphatic rings. The zero-order valence-corrected chi connectivity index (χ0v) is 11.9. The summed E-state index contributed by atoms with van der Waals surface area (Å²) < 4.78 is 1.17. The van der Waals surface area contributed by atoms with Crippen molar-refractivity contribution in [2.75, 3.05) is 0 Å². The van der Waals surface area contributed by atoms with Crippen molar-refractivity contribution in [2.45, 2.75) is 32.2 Å². The van der Waals surface area contributed by atoms with E-state index in [-0.39, 0.29) is 6.04 Å². The molecule has 0 amide bonds. The minimum absolute atomic E-state index is 0.228. The third-order valence-corrected chi connectivity index (χ3v) is 4.13. The molecule has 0 saturated heterocycles. The number of hydrogen-bond acceptors (Lipinski definition) is 2. The van der Waals surface area contributed by atoms with Crippen LogP contribution in [0.3, 0.4) is 0 Å². The van der Waals surface area contributed by atoms with Crippen LogP contribution in [0.25, 0.3) is 11.3 Å². The number of nitrogens with two attached hydrogens (primary N) is 1. The number of nitrogens with one attached hydrogen (secondary N) is 1. The smallest absolute Gasteiger partial charge is 0.107 e. The average molecular weight is 306 g/mol. The normalized spacial score (nSPS) is 14.4. The van der Waals surface area contributed by atoms with Gasteiger partial charge in [-0.3, -0.25) is 0 Å². The van der Waals surface area contributed by atoms with Gasteiger partial charge in [0.25, 0.3) is 0 Å². The van der Waals surface area contributed by atoms with Gasteiger partial charge in [0.1, 0.15) is 5.82 Å². The molecule has 2 aromatic rings. The Morgan fingerprint density at radius 2 is 2.33 bits per heavy atom. The van der Waals surface area contributed by atoms with E-state index in [9.17, 15) is 0 Å². The fourth-order valence-corrected chi connectivity index (χ4v) is 2.94. The standard InChI is InChI=1S/C14H16BrN3/c1-8(16)5-6-13-17-12-7-10-9(14(12)18-13)3-2-4-11(10)15/h2-4,8H,5-7,16H2,1H3,(H,17,18). The largest absolute Gasteiger partial charge is 0.345 e. The first-order valence-corrected chi connectivity index (χ1v) is 7.05. The zero-order valence-electron chi connectivity index (χ0n) is 10.3. The first kappa shape index (κ1) is 11.9. The molecule has 0 saturated carbocycles. The first-order chi connectivity index (χ1) is 8.65. The van der Waals surface area contributed by atoms with Gasteiger partial charge >= 0.3 is 0 Å². The van der Waals surface area contributed by atoms with E-state index in [0.29, 0.717) is 0 Å². The minimum Gasteiger partial charge on any atom is -0.345 e. The molecule has 94 valence electrons. The Balaban J connectivity index is 1.91. The number of hydrogen-bond donors (Lipinski definition) is 2. The molecule has 1 unspecified atom stereocenters. The van der Waals surface area contributed by atoms with E-state index in [1.807, 2.05) is 6.92 Å². The Hall–Kier alpha value is -1.13. The van der Waals surface area contributed by atoms with E-state index < -0.39 is 0 Å². The molecule has 0 fully saturated rings. The summed E-state index contributed by atoms with van der Waals surface area (Å²) in [5.41, 5.74) is 10.7. The third kappa shape index (κ3) is 1.99. The highest BCUT2D eigenvalue weighted by Gasteiger charge is 2.24. The molecule has 1 heterocycles. The molecular weight excluding hydrogens is 290 g/mol. The van der Waals surface area contributed by atoms with Gasteiger partial charge < -0.3 is 10.7 Å². The van der Waals surface area contributed by atoms with Crippen LogP contribution >= 0.6 is 15.9 Å². The fraction of sp³-hybridized carbons (Fsp3) is 0.357. The van der Waals surface area contributed by atoms with E-state index in [1.165, 1.54) is 21.3 Å². The van der Waals surface area contributed by atoms with Crippen LogP contribution in [0.4, 0.5) is 0 Å². The van der Waals surface area contributed by atoms with Crippen LogP contribution in [0.2, 0.25) is 0 Å². The summed E-state index contributed by atoms with van der Waals surface area (Å²) in [7, 11) is 0. The Morgan fingerprint density at radius 1 is 1.50 bits per heavy atom. The van der Waals surface area contributed by atoms with E-state index in [1.54, 1.807) is 0 Å². The molecule has 1 atom stereocenters. The molecule has 0 radical (unpaired) electrons. The minimum atomic E-state index is 0.228. The van der Waals surface area contributed by atoms with Gasteiger partial charge in [-0.2, -0.15) is 0 Å². The second-order valence-corrected chi connectivity index (χ2v) is 5.82. The van der Waals surface area contributed by atoms with Crippen molar-refractivity contribution >= 4 is 15.9 Å². The number of aryl methyl sites for hydroxylation is 1. The summed E-state index contributed by atoms with van der Waals surface area (Å²) in [6.07, 6.45) is 2.84. The van der Waals surface area contributed by atoms with E-state index in [2.05, 4.69) is 39.1 Å². The van der Waals surface area contributed by atoms with Crippen LogP contribution < -0.4 is 5.73 Å². The van der Waals surface area contributed by atoms with Crippen LogP contribution in [0.15, 0.2) is 22.7 Å². The highest BCUT2D eigenvalue weighted by atomic mass is 79.9. The molecule has 0 bridgehead atoms. The number of nitrogens with zero attached hydrogens (tertiary/aromatic N) is 1. The number of aromatic nitrogens is 2. The maximum atomic E-state index is 5.78. The van der Waals surface area contributed by atoms with Crippen LogP contribution in [0, 0.1) is 0 Å². The molecule has 18 heavy (non-hydrogen) atoms. The predicted octanol–water partition coefficient (Wildman–Crippen LogP) is 3.02. The van der Waals surface area contributed by atoms with Crippen molar-refractivity contribution in [3.05, 3.63) is 39.8 Å². The van der Waals surface area contributed by atoms with Gasteiger partial charge in [-0.05, 0) is 25.0 Å². The number of halogens is 1. The second kappa shape index (κ2) is 4.52. The molecule has 0 aliphatic heterocycles. The number of fused-ring (bicyclic) bond motifs is 3. The van der Waals surface area contributed by atoms with Gasteiger partial charge in [0, 0.05) is 34.6 Å². The first-order valence-electron chi connectivity index (χ1n) is 6.26. The average Bonchev–Trinajstić information content (AvgIpc) is 2.85. The summed E-state index contributed by atoms with van der Waals surface area (Å²) in [4.78, 5) is 8.15. The predicted molar refractivity (Wildman–Crippen MR) is 76.5 cm³/mol. The second-order valence-electron chi connectivity index (χ2n) is 4.97. The SMILES string of the molecule is CC(N)CCc1nc2c([nH]1)Cc1c(Br)cccc1-2. The van der Waals surface area contributed by atoms with Gasteiger partial charge in [-0.1, -0.05) is 28.1 Å². The molecule has 3 N–H and O–H groups in total. The molecule has 1 aromatic heterocycles. The number of imidazole rings is 1. The van der Waals surface area contributed by atoms with Crippen LogP contribution in [0.5, 0.6) is 0 Å². The lowest BCUT2D eigenvalue weighted by atomic mass is 10.1. The molecule has 3 rings (SSSR count). The maximum absolute atomic E-state index is 5.78. The highest BCUT2D eigenvalue weighted by molar-refractivity contribution is 9.10. The lowest BCUT2D eigenvalue weighted by Gasteiger charge is -2.03. The van der Waals surface area contributed by atoms with Crippen LogP contribution in [-0.2, 0) is 12.8 Å². The molecule has 1 aliphatic carbocycles. The molecule has 3 nitrogen and oxygen atoms in total. The Morgan fingerprint density at radius 3 is 3.11 bits per heavy atom. The Bertz CT molecular complexity index is 587. The molecular formula is C14H16BrN3. The van der Waals surface area contributed by atoms with E-state index in [4.69, 9.17) is 10.7 Å². The van der Waals surface area contributed by atoms with Crippen LogP contribution in [0.1, 0.15) is 30.4 Å². The summed E-state index contributed by atoms with van der Waals surface area (Å²) in [6.45, 7) is 2.03. The number of aromatic amines is 1. The van der Waals surface area contributed by atoms with Gasteiger partial charge in [0.15, 0.2) is 0 Å². The van der Waals surface area contributed by atoms with Crippen molar-refractivity contribution in [1.29, 1.82) is 0 Å². The third-order valence-electron chi connectivity index (χ3n) is 3.39. The quantitative estimate of drug-likeness (QED) is 0.781. The van der Waals surface area contributed by atoms with E-state index in [0.717, 1.165) is 30.8 Å². The molecule has 1 aromatic carbocycles. The highest BCUT2D eigenvalue weighted by Crippen LogP contribution is 2.38. The lowest BCUT2D eigenvalue weighted by Crippen LogP contribution is -2.15. The summed E-state index contributed by atoms with van der Waals surface area (Å²) in [5, 5.41) is 0. The van der Waals surface area contributed by atoms with Crippen molar-refractivity contribution in [3.8, 4) is 11.3 Å². The monoisotopic (exact) mass is 305 g/mol. The Kier molecular flexibility index (Phi) is 2.99. The topological polar surface area (TPSA) is 54.7 Å². The molecule has 0 spiro atoms. The van der Waals surface area contributed by atoms with Gasteiger partial charge in [-0.15, -0.1) is 0 Å². The summed E-state index contributed by atoms with van der Waals surface area (Å²) in [5.74, 6) is 1.06. The van der Waals surface area contributed by atoms with Crippen molar-refractivity contribution in [2.24, 2.45) is 5.73 Å². The Labute approximate surface area is 115 Å². The number of H-pyrrole nitrogens is 1. The van der Waals surface area contributed by atoms with Crippen LogP contribution in [-0.4, -0.2) is 16.0 Å². The van der Waals surface area contributed by atoms with Crippen molar-refractivity contribution in [3.63, 3.8) is 0 Å². The van der Waals surface area contributed by atoms with Gasteiger partial charge in [0.2, 0.25) is 0 Å². The maximum Gasteiger partial charge on any atom is 0.107 e. The van der Waals surface area contributed by atoms with Crippen molar-refractivity contribution < 1.29 is 0 Å². The van der Waals surface area contributed by atoms with E-state index >= 15 is 0 Å². The summed E-state index contributed by atoms with van der Waals surface area (Å²) in [6, 6.07) is 6.52. The number of rotatable bonds is 3. The zero-order chi connectivity index (χ0) is 12.7. The summed E-state index contributed by atoms with van der Waals surface area (Å²) >= 11 is 3.60. The van der Waals surface area contributed by atoms with Gasteiger partial charge in [-0.25, -0.2) is 4.98 Å².